The Hall–Kier alpha value is -1.40. The predicted molar refractivity (Wildman–Crippen MR) is 343 cm³/mol. The molecule has 1 amide bonds. The maximum Gasteiger partial charge on any atom is 0.305 e. The minimum atomic E-state index is -0.662. The summed E-state index contributed by atoms with van der Waals surface area (Å²) >= 11 is 0. The van der Waals surface area contributed by atoms with E-state index in [1.165, 1.54) is 340 Å². The molecule has 6 nitrogen and oxygen atoms in total. The molecule has 0 spiro atoms. The number of allylic oxidation sites excluding steroid dienone is 2. The Kier molecular flexibility index (Phi) is 66.9. The van der Waals surface area contributed by atoms with Gasteiger partial charge in [-0.1, -0.05) is 360 Å². The van der Waals surface area contributed by atoms with Crippen molar-refractivity contribution in [2.75, 3.05) is 13.2 Å². The maximum atomic E-state index is 12.5. The number of hydrogen-bond donors (Lipinski definition) is 3. The molecular weight excluding hydrogens is 959 g/mol. The highest BCUT2D eigenvalue weighted by Crippen LogP contribution is 2.19. The Morgan fingerprint density at radius 3 is 0.910 bits per heavy atom. The first-order valence-electron chi connectivity index (χ1n) is 35.9. The maximum absolute atomic E-state index is 12.5. The summed E-state index contributed by atoms with van der Waals surface area (Å²) in [6.45, 7) is 4.99. The molecule has 0 aliphatic carbocycles. The zero-order chi connectivity index (χ0) is 56.4. The van der Waals surface area contributed by atoms with Gasteiger partial charge in [-0.05, 0) is 51.4 Å². The number of nitrogens with one attached hydrogen (secondary N) is 1. The normalized spacial score (nSPS) is 12.5. The molecular formula is C72H141NO5. The van der Waals surface area contributed by atoms with Gasteiger partial charge in [0, 0.05) is 12.8 Å². The highest BCUT2D eigenvalue weighted by Gasteiger charge is 2.20. The molecule has 464 valence electrons. The van der Waals surface area contributed by atoms with Crippen molar-refractivity contribution in [3.05, 3.63) is 12.2 Å². The molecule has 0 radical (unpaired) electrons. The second-order valence-electron chi connectivity index (χ2n) is 24.9. The first kappa shape index (κ1) is 76.6. The van der Waals surface area contributed by atoms with E-state index >= 15 is 0 Å². The minimum absolute atomic E-state index is 0.0180. The summed E-state index contributed by atoms with van der Waals surface area (Å²) in [5.74, 6) is -0.0109. The smallest absolute Gasteiger partial charge is 0.305 e. The Balaban J connectivity index is 3.33. The predicted octanol–water partition coefficient (Wildman–Crippen LogP) is 23.1. The number of ether oxygens (including phenoxy) is 1. The Bertz CT molecular complexity index is 1180. The number of carbonyl (C=O) groups is 2. The van der Waals surface area contributed by atoms with Crippen LogP contribution in [0.2, 0.25) is 0 Å². The van der Waals surface area contributed by atoms with E-state index in [9.17, 15) is 19.8 Å². The summed E-state index contributed by atoms with van der Waals surface area (Å²) in [7, 11) is 0. The van der Waals surface area contributed by atoms with Crippen molar-refractivity contribution < 1.29 is 24.5 Å². The molecule has 0 saturated carbocycles. The van der Waals surface area contributed by atoms with Gasteiger partial charge in [0.15, 0.2) is 0 Å². The monoisotopic (exact) mass is 1100 g/mol. The molecule has 2 atom stereocenters. The largest absolute Gasteiger partial charge is 0.466 e. The zero-order valence-corrected chi connectivity index (χ0v) is 53.2. The number of aliphatic hydroxyl groups is 2. The van der Waals surface area contributed by atoms with Gasteiger partial charge >= 0.3 is 5.97 Å². The first-order chi connectivity index (χ1) is 38.5. The van der Waals surface area contributed by atoms with Gasteiger partial charge in [0.1, 0.15) is 0 Å². The van der Waals surface area contributed by atoms with Crippen molar-refractivity contribution in [3.8, 4) is 0 Å². The van der Waals surface area contributed by atoms with Crippen LogP contribution in [0.25, 0.3) is 0 Å². The molecule has 0 aromatic carbocycles. The molecule has 3 N–H and O–H groups in total. The van der Waals surface area contributed by atoms with Crippen LogP contribution < -0.4 is 5.32 Å². The topological polar surface area (TPSA) is 95.9 Å². The second-order valence-corrected chi connectivity index (χ2v) is 24.9. The third-order valence-corrected chi connectivity index (χ3v) is 17.1. The van der Waals surface area contributed by atoms with Crippen LogP contribution in [0.5, 0.6) is 0 Å². The third-order valence-electron chi connectivity index (χ3n) is 17.1. The Morgan fingerprint density at radius 1 is 0.346 bits per heavy atom. The Labute approximate surface area is 489 Å². The molecule has 0 aromatic heterocycles. The summed E-state index contributed by atoms with van der Waals surface area (Å²) in [6.07, 6.45) is 84.1. The average Bonchev–Trinajstić information content (AvgIpc) is 3.44. The summed E-state index contributed by atoms with van der Waals surface area (Å²) in [5.41, 5.74) is 0. The van der Waals surface area contributed by atoms with Crippen LogP contribution in [0.1, 0.15) is 412 Å². The van der Waals surface area contributed by atoms with Gasteiger partial charge in [0.25, 0.3) is 0 Å². The van der Waals surface area contributed by atoms with Crippen LogP contribution in [-0.2, 0) is 14.3 Å². The minimum Gasteiger partial charge on any atom is -0.466 e. The van der Waals surface area contributed by atoms with Gasteiger partial charge in [-0.25, -0.2) is 0 Å². The van der Waals surface area contributed by atoms with Crippen LogP contribution in [0.4, 0.5) is 0 Å². The van der Waals surface area contributed by atoms with E-state index in [1.54, 1.807) is 0 Å². The van der Waals surface area contributed by atoms with Crippen LogP contribution in [-0.4, -0.2) is 47.4 Å². The molecule has 0 fully saturated rings. The lowest BCUT2D eigenvalue weighted by molar-refractivity contribution is -0.143. The molecule has 2 unspecified atom stereocenters. The molecule has 78 heavy (non-hydrogen) atoms. The molecule has 6 heteroatoms. The number of rotatable bonds is 68. The van der Waals surface area contributed by atoms with Gasteiger partial charge in [-0.3, -0.25) is 9.59 Å². The van der Waals surface area contributed by atoms with Crippen molar-refractivity contribution >= 4 is 11.9 Å². The second kappa shape index (κ2) is 68.1. The van der Waals surface area contributed by atoms with E-state index < -0.39 is 12.1 Å². The first-order valence-corrected chi connectivity index (χ1v) is 35.9. The lowest BCUT2D eigenvalue weighted by Crippen LogP contribution is -2.45. The van der Waals surface area contributed by atoms with Crippen molar-refractivity contribution in [1.29, 1.82) is 0 Å². The molecule has 0 saturated heterocycles. The van der Waals surface area contributed by atoms with Gasteiger partial charge in [0.2, 0.25) is 5.91 Å². The van der Waals surface area contributed by atoms with E-state index in [4.69, 9.17) is 4.74 Å². The lowest BCUT2D eigenvalue weighted by Gasteiger charge is -2.22. The molecule has 0 bridgehead atoms. The number of unbranched alkanes of at least 4 members (excludes halogenated alkanes) is 55. The fraction of sp³-hybridized carbons (Fsp3) is 0.944. The van der Waals surface area contributed by atoms with E-state index in [2.05, 4.69) is 31.3 Å². The molecule has 0 aromatic rings. The van der Waals surface area contributed by atoms with E-state index in [1.807, 2.05) is 0 Å². The molecule has 0 aliphatic rings. The van der Waals surface area contributed by atoms with E-state index in [0.717, 1.165) is 38.5 Å². The van der Waals surface area contributed by atoms with Crippen LogP contribution in [0.3, 0.4) is 0 Å². The lowest BCUT2D eigenvalue weighted by atomic mass is 10.0. The van der Waals surface area contributed by atoms with Gasteiger partial charge in [-0.2, -0.15) is 0 Å². The highest BCUT2D eigenvalue weighted by atomic mass is 16.5. The number of amides is 1. The van der Waals surface area contributed by atoms with Crippen molar-refractivity contribution in [2.24, 2.45) is 0 Å². The van der Waals surface area contributed by atoms with Crippen LogP contribution in [0, 0.1) is 0 Å². The van der Waals surface area contributed by atoms with Crippen molar-refractivity contribution in [3.63, 3.8) is 0 Å². The number of aliphatic hydroxyl groups excluding tert-OH is 2. The van der Waals surface area contributed by atoms with E-state index in [-0.39, 0.29) is 18.5 Å². The summed E-state index contributed by atoms with van der Waals surface area (Å²) in [6, 6.07) is -0.539. The molecule has 0 aliphatic heterocycles. The highest BCUT2D eigenvalue weighted by molar-refractivity contribution is 5.76. The summed E-state index contributed by atoms with van der Waals surface area (Å²) < 4.78 is 5.51. The zero-order valence-electron chi connectivity index (χ0n) is 53.2. The van der Waals surface area contributed by atoms with Crippen molar-refractivity contribution in [2.45, 2.75) is 424 Å². The standard InChI is InChI=1S/C72H141NO5/c1-3-5-7-9-11-13-15-17-19-21-30-34-38-42-46-50-54-58-62-66-72(77)78-67-63-59-55-51-47-43-39-35-32-29-27-25-23-22-24-26-28-31-33-37-41-45-49-53-57-61-65-71(76)73-69(68-74)70(75)64-60-56-52-48-44-40-36-20-18-16-14-12-10-8-6-4-2/h17,19,69-70,74-75H,3-16,18,20-68H2,1-2H3,(H,73,76)/b19-17-. The number of esters is 1. The third kappa shape index (κ3) is 63.8. The fourth-order valence-electron chi connectivity index (χ4n) is 11.6. The van der Waals surface area contributed by atoms with Crippen LogP contribution in [0.15, 0.2) is 12.2 Å². The van der Waals surface area contributed by atoms with E-state index in [0.29, 0.717) is 25.9 Å². The van der Waals surface area contributed by atoms with Crippen LogP contribution >= 0.6 is 0 Å². The van der Waals surface area contributed by atoms with Gasteiger partial charge in [-0.15, -0.1) is 0 Å². The summed E-state index contributed by atoms with van der Waals surface area (Å²) in [4.78, 5) is 24.6. The molecule has 0 rings (SSSR count). The van der Waals surface area contributed by atoms with Gasteiger partial charge in [0.05, 0.1) is 25.4 Å². The average molecular weight is 1100 g/mol. The SMILES string of the molecule is CCCCCCCC/C=C\CCCCCCCCCCCC(=O)OCCCCCCCCCCCCCCCCCCCCCCCCCCCCC(=O)NC(CO)C(O)CCCCCCCCCCCCCCCCCC. The van der Waals surface area contributed by atoms with Crippen molar-refractivity contribution in [1.82, 2.24) is 5.32 Å². The summed E-state index contributed by atoms with van der Waals surface area (Å²) in [5, 5.41) is 23.4. The Morgan fingerprint density at radius 2 is 0.603 bits per heavy atom. The van der Waals surface area contributed by atoms with Gasteiger partial charge < -0.3 is 20.3 Å². The molecule has 0 heterocycles. The number of hydrogen-bond acceptors (Lipinski definition) is 5. The number of carbonyl (C=O) groups excluding carboxylic acids is 2. The quantitative estimate of drug-likeness (QED) is 0.0320. The fourth-order valence-corrected chi connectivity index (χ4v) is 11.6.